The van der Waals surface area contributed by atoms with Crippen molar-refractivity contribution in [3.63, 3.8) is 0 Å². The Morgan fingerprint density at radius 3 is 2.46 bits per heavy atom. The summed E-state index contributed by atoms with van der Waals surface area (Å²) in [7, 11) is 1.35. The van der Waals surface area contributed by atoms with Gasteiger partial charge in [-0.2, -0.15) is 0 Å². The highest BCUT2D eigenvalue weighted by atomic mass is 32.2. The van der Waals surface area contributed by atoms with Crippen molar-refractivity contribution < 1.29 is 23.9 Å². The van der Waals surface area contributed by atoms with Crippen LogP contribution < -0.4 is 16.0 Å². The zero-order valence-electron chi connectivity index (χ0n) is 29.4. The van der Waals surface area contributed by atoms with Gasteiger partial charge in [-0.1, -0.05) is 72.8 Å². The maximum atomic E-state index is 13.7. The number of hydrogen-bond acceptors (Lipinski definition) is 8. The van der Waals surface area contributed by atoms with Crippen LogP contribution in [0.1, 0.15) is 42.3 Å². The number of nitrogens with zero attached hydrogens (tertiary/aromatic N) is 1. The third kappa shape index (κ3) is 8.63. The quantitative estimate of drug-likeness (QED) is 0.0572. The molecule has 0 saturated heterocycles. The predicted octanol–water partition coefficient (Wildman–Crippen LogP) is 7.71. The zero-order valence-corrected chi connectivity index (χ0v) is 31.0. The van der Waals surface area contributed by atoms with E-state index in [1.165, 1.54) is 35.8 Å². The van der Waals surface area contributed by atoms with Crippen molar-refractivity contribution in [3.05, 3.63) is 154 Å². The smallest absolute Gasteiger partial charge is 0.341 e. The van der Waals surface area contributed by atoms with Crippen LogP contribution in [0, 0.1) is 0 Å². The third-order valence-electron chi connectivity index (χ3n) is 8.94. The van der Waals surface area contributed by atoms with Crippen molar-refractivity contribution in [3.8, 4) is 0 Å². The summed E-state index contributed by atoms with van der Waals surface area (Å²) in [5.74, 6) is -1.60. The molecule has 0 saturated carbocycles. The maximum absolute atomic E-state index is 13.7. The number of ether oxygens (including phenoxy) is 1. The largest absolute Gasteiger partial charge is 0.465 e. The summed E-state index contributed by atoms with van der Waals surface area (Å²) in [6, 6.07) is 33.8. The number of rotatable bonds is 12. The molecule has 0 atom stereocenters. The van der Waals surface area contributed by atoms with Crippen LogP contribution in [-0.2, 0) is 33.8 Å². The van der Waals surface area contributed by atoms with Crippen LogP contribution in [0.2, 0.25) is 0 Å². The Kier molecular flexibility index (Phi) is 11.3. The molecule has 6 aromatic rings. The second kappa shape index (κ2) is 16.8. The molecule has 0 unspecified atom stereocenters. The van der Waals surface area contributed by atoms with Crippen molar-refractivity contribution in [1.82, 2.24) is 15.2 Å². The van der Waals surface area contributed by atoms with Gasteiger partial charge < -0.3 is 25.7 Å². The molecule has 1 aliphatic rings. The van der Waals surface area contributed by atoms with Gasteiger partial charge >= 0.3 is 5.97 Å². The number of aromatic nitrogens is 1. The first kappa shape index (κ1) is 36.4. The number of esters is 1. The summed E-state index contributed by atoms with van der Waals surface area (Å²) in [4.78, 5) is 60.4. The molecule has 54 heavy (non-hydrogen) atoms. The standard InChI is InChI=1S/C42H37N5O5S2/c1-52-42(51)38-33-19-20-47(24-27-11-4-2-5-12-27)25-36(33)54-41(38)46-37(48)26-53-31-16-10-15-30(22-31)44-40(50)35(45-39(49)28-13-6-3-7-14-28)21-29-23-43-34-18-9-8-17-32(29)34/h2-18,21-23,43H,19-20,24-26H2,1H3,(H,44,50)(H,45,49)(H,46,48)/b35-21-. The van der Waals surface area contributed by atoms with E-state index in [0.717, 1.165) is 44.9 Å². The average Bonchev–Trinajstić information content (AvgIpc) is 3.77. The molecule has 7 rings (SSSR count). The molecule has 10 nitrogen and oxygen atoms in total. The Hall–Kier alpha value is -5.95. The van der Waals surface area contributed by atoms with E-state index in [4.69, 9.17) is 4.74 Å². The first-order chi connectivity index (χ1) is 26.3. The van der Waals surface area contributed by atoms with Crippen LogP contribution >= 0.6 is 23.1 Å². The Morgan fingerprint density at radius 2 is 1.67 bits per heavy atom. The lowest BCUT2D eigenvalue weighted by atomic mass is 10.0. The van der Waals surface area contributed by atoms with E-state index in [0.29, 0.717) is 34.8 Å². The van der Waals surface area contributed by atoms with E-state index in [-0.39, 0.29) is 17.4 Å². The number of H-pyrrole nitrogens is 1. The van der Waals surface area contributed by atoms with Crippen LogP contribution in [0.3, 0.4) is 0 Å². The molecule has 12 heteroatoms. The molecule has 4 N–H and O–H groups in total. The van der Waals surface area contributed by atoms with E-state index >= 15 is 0 Å². The second-order valence-electron chi connectivity index (χ2n) is 12.6. The van der Waals surface area contributed by atoms with Gasteiger partial charge in [-0.05, 0) is 60.0 Å². The van der Waals surface area contributed by atoms with Crippen LogP contribution in [0.5, 0.6) is 0 Å². The molecule has 0 spiro atoms. The minimum absolute atomic E-state index is 0.0641. The van der Waals surface area contributed by atoms with Crippen molar-refractivity contribution in [2.45, 2.75) is 24.4 Å². The van der Waals surface area contributed by atoms with Gasteiger partial charge in [-0.3, -0.25) is 19.3 Å². The highest BCUT2D eigenvalue weighted by Crippen LogP contribution is 2.38. The van der Waals surface area contributed by atoms with Crippen LogP contribution in [0.25, 0.3) is 17.0 Å². The molecule has 3 heterocycles. The fraction of sp³-hybridized carbons (Fsp3) is 0.143. The summed E-state index contributed by atoms with van der Waals surface area (Å²) >= 11 is 2.71. The number of hydrogen-bond donors (Lipinski definition) is 4. The van der Waals surface area contributed by atoms with Crippen molar-refractivity contribution in [2.75, 3.05) is 30.0 Å². The number of anilines is 2. The fourth-order valence-electron chi connectivity index (χ4n) is 6.32. The number of carbonyl (C=O) groups is 4. The van der Waals surface area contributed by atoms with Gasteiger partial charge in [0.1, 0.15) is 10.7 Å². The summed E-state index contributed by atoms with van der Waals surface area (Å²) in [5, 5.41) is 10.0. The van der Waals surface area contributed by atoms with Gasteiger partial charge in [0.15, 0.2) is 0 Å². The molecule has 4 aromatic carbocycles. The molecule has 2 aromatic heterocycles. The number of para-hydroxylation sites is 1. The maximum Gasteiger partial charge on any atom is 0.341 e. The predicted molar refractivity (Wildman–Crippen MR) is 215 cm³/mol. The van der Waals surface area contributed by atoms with Crippen molar-refractivity contribution >= 4 is 74.5 Å². The molecule has 3 amide bonds. The topological polar surface area (TPSA) is 133 Å². The Balaban J connectivity index is 1.02. The lowest BCUT2D eigenvalue weighted by molar-refractivity contribution is -0.114. The van der Waals surface area contributed by atoms with E-state index < -0.39 is 17.8 Å². The number of carbonyl (C=O) groups excluding carboxylic acids is 4. The van der Waals surface area contributed by atoms with Gasteiger partial charge in [-0.15, -0.1) is 23.1 Å². The Labute approximate surface area is 320 Å². The van der Waals surface area contributed by atoms with Gasteiger partial charge in [0.2, 0.25) is 5.91 Å². The number of aromatic amines is 1. The first-order valence-corrected chi connectivity index (χ1v) is 19.1. The number of benzene rings is 4. The second-order valence-corrected chi connectivity index (χ2v) is 14.8. The van der Waals surface area contributed by atoms with Gasteiger partial charge in [0.25, 0.3) is 11.8 Å². The zero-order chi connectivity index (χ0) is 37.4. The summed E-state index contributed by atoms with van der Waals surface area (Å²) in [6.45, 7) is 2.27. The Morgan fingerprint density at radius 1 is 0.907 bits per heavy atom. The normalized spacial score (nSPS) is 12.9. The van der Waals surface area contributed by atoms with E-state index in [2.05, 4.69) is 38.0 Å². The first-order valence-electron chi connectivity index (χ1n) is 17.3. The van der Waals surface area contributed by atoms with Gasteiger partial charge in [0, 0.05) is 63.3 Å². The number of methoxy groups -OCH3 is 1. The minimum atomic E-state index is -0.510. The number of fused-ring (bicyclic) bond motifs is 2. The molecule has 1 aliphatic heterocycles. The molecule has 272 valence electrons. The number of nitrogens with one attached hydrogen (secondary N) is 4. The van der Waals surface area contributed by atoms with Crippen LogP contribution in [0.15, 0.2) is 126 Å². The number of amides is 3. The molecule has 0 radical (unpaired) electrons. The SMILES string of the molecule is COC(=O)c1c(NC(=O)CSc2cccc(NC(=O)/C(=C/c3c[nH]c4ccccc34)NC(=O)c3ccccc3)c2)sc2c1CCN(Cc1ccccc1)C2. The Bertz CT molecular complexity index is 2350. The lowest BCUT2D eigenvalue weighted by Gasteiger charge is -2.27. The van der Waals surface area contributed by atoms with Crippen molar-refractivity contribution in [2.24, 2.45) is 0 Å². The fourth-order valence-corrected chi connectivity index (χ4v) is 8.37. The highest BCUT2D eigenvalue weighted by molar-refractivity contribution is 8.00. The average molecular weight is 756 g/mol. The highest BCUT2D eigenvalue weighted by Gasteiger charge is 2.29. The summed E-state index contributed by atoms with van der Waals surface area (Å²) < 4.78 is 5.12. The van der Waals surface area contributed by atoms with E-state index in [9.17, 15) is 19.2 Å². The summed E-state index contributed by atoms with van der Waals surface area (Å²) in [5.41, 5.74) is 5.19. The number of thiophene rings is 1. The monoisotopic (exact) mass is 755 g/mol. The van der Waals surface area contributed by atoms with E-state index in [1.807, 2.05) is 54.6 Å². The number of thioether (sulfide) groups is 1. The molecule has 0 fully saturated rings. The van der Waals surface area contributed by atoms with Gasteiger partial charge in [0.05, 0.1) is 18.4 Å². The molecular weight excluding hydrogens is 719 g/mol. The summed E-state index contributed by atoms with van der Waals surface area (Å²) in [6.07, 6.45) is 4.11. The minimum Gasteiger partial charge on any atom is -0.465 e. The van der Waals surface area contributed by atoms with Crippen LogP contribution in [-0.4, -0.2) is 53.0 Å². The molecule has 0 bridgehead atoms. The molecular formula is C42H37N5O5S2. The van der Waals surface area contributed by atoms with Crippen LogP contribution in [0.4, 0.5) is 10.7 Å². The van der Waals surface area contributed by atoms with Crippen molar-refractivity contribution in [1.29, 1.82) is 0 Å². The molecule has 0 aliphatic carbocycles. The lowest BCUT2D eigenvalue weighted by Crippen LogP contribution is -2.30. The van der Waals surface area contributed by atoms with Gasteiger partial charge in [-0.25, -0.2) is 4.79 Å². The van der Waals surface area contributed by atoms with E-state index in [1.54, 1.807) is 54.7 Å². The third-order valence-corrected chi connectivity index (χ3v) is 11.1.